The first-order valence-corrected chi connectivity index (χ1v) is 8.50. The number of nitrogens with zero attached hydrogens (tertiary/aromatic N) is 1. The molecule has 0 saturated heterocycles. The Morgan fingerprint density at radius 2 is 1.85 bits per heavy atom. The summed E-state index contributed by atoms with van der Waals surface area (Å²) in [5, 5.41) is 5.83. The molecule has 5 nitrogen and oxygen atoms in total. The number of rotatable bonds is 5. The molecule has 0 atom stereocenters. The fraction of sp³-hybridized carbons (Fsp3) is 0.150. The van der Waals surface area contributed by atoms with Gasteiger partial charge in [0.05, 0.1) is 14.2 Å². The van der Waals surface area contributed by atoms with Gasteiger partial charge in [-0.05, 0) is 24.3 Å². The fourth-order valence-corrected chi connectivity index (χ4v) is 3.23. The van der Waals surface area contributed by atoms with Crippen LogP contribution >= 0.6 is 11.6 Å². The second-order valence-electron chi connectivity index (χ2n) is 5.80. The minimum absolute atomic E-state index is 0.427. The molecule has 0 saturated carbocycles. The lowest BCUT2D eigenvalue weighted by Crippen LogP contribution is -2.03. The van der Waals surface area contributed by atoms with Crippen LogP contribution in [0.2, 0.25) is 5.02 Å². The molecular formula is C20H17ClN2O3. The summed E-state index contributed by atoms with van der Waals surface area (Å²) in [4.78, 5) is 4.41. The highest BCUT2D eigenvalue weighted by Gasteiger charge is 2.14. The molecule has 0 aliphatic carbocycles. The lowest BCUT2D eigenvalue weighted by atomic mass is 10.0. The average molecular weight is 369 g/mol. The molecule has 1 heterocycles. The second-order valence-corrected chi connectivity index (χ2v) is 6.24. The Labute approximate surface area is 155 Å². The highest BCUT2D eigenvalue weighted by molar-refractivity contribution is 6.31. The molecule has 3 aromatic carbocycles. The predicted molar refractivity (Wildman–Crippen MR) is 103 cm³/mol. The van der Waals surface area contributed by atoms with Crippen LogP contribution in [0.25, 0.3) is 21.9 Å². The van der Waals surface area contributed by atoms with Crippen molar-refractivity contribution in [3.63, 3.8) is 0 Å². The van der Waals surface area contributed by atoms with Crippen LogP contribution in [0.1, 0.15) is 5.56 Å². The van der Waals surface area contributed by atoms with Gasteiger partial charge in [0.15, 0.2) is 5.58 Å². The van der Waals surface area contributed by atoms with Crippen molar-refractivity contribution in [2.75, 3.05) is 19.5 Å². The zero-order valence-electron chi connectivity index (χ0n) is 14.4. The van der Waals surface area contributed by atoms with Gasteiger partial charge in [-0.2, -0.15) is 4.98 Å². The third-order valence-electron chi connectivity index (χ3n) is 4.24. The fourth-order valence-electron chi connectivity index (χ4n) is 3.06. The first kappa shape index (κ1) is 16.5. The molecule has 0 fully saturated rings. The monoisotopic (exact) mass is 368 g/mol. The summed E-state index contributed by atoms with van der Waals surface area (Å²) >= 11 is 6.00. The minimum Gasteiger partial charge on any atom is -0.496 e. The van der Waals surface area contributed by atoms with Crippen LogP contribution < -0.4 is 14.8 Å². The Kier molecular flexibility index (Phi) is 4.31. The third kappa shape index (κ3) is 2.91. The van der Waals surface area contributed by atoms with E-state index in [0.29, 0.717) is 28.7 Å². The van der Waals surface area contributed by atoms with Crippen LogP contribution in [-0.2, 0) is 6.54 Å². The van der Waals surface area contributed by atoms with Gasteiger partial charge in [0, 0.05) is 27.9 Å². The van der Waals surface area contributed by atoms with Crippen LogP contribution in [0.3, 0.4) is 0 Å². The van der Waals surface area contributed by atoms with E-state index < -0.39 is 0 Å². The Morgan fingerprint density at radius 3 is 2.62 bits per heavy atom. The van der Waals surface area contributed by atoms with E-state index in [9.17, 15) is 0 Å². The van der Waals surface area contributed by atoms with Gasteiger partial charge < -0.3 is 19.2 Å². The van der Waals surface area contributed by atoms with Crippen molar-refractivity contribution < 1.29 is 13.9 Å². The molecule has 4 aromatic rings. The number of oxazole rings is 1. The smallest absolute Gasteiger partial charge is 0.295 e. The summed E-state index contributed by atoms with van der Waals surface area (Å²) in [5.41, 5.74) is 2.34. The van der Waals surface area contributed by atoms with Gasteiger partial charge in [-0.15, -0.1) is 0 Å². The molecule has 132 valence electrons. The van der Waals surface area contributed by atoms with Crippen molar-refractivity contribution in [1.29, 1.82) is 0 Å². The van der Waals surface area contributed by atoms with Gasteiger partial charge in [-0.1, -0.05) is 35.9 Å². The first-order valence-electron chi connectivity index (χ1n) is 8.12. The number of fused-ring (bicyclic) bond motifs is 2. The number of ether oxygens (including phenoxy) is 2. The highest BCUT2D eigenvalue weighted by atomic mass is 35.5. The molecule has 0 amide bonds. The van der Waals surface area contributed by atoms with Crippen LogP contribution in [-0.4, -0.2) is 19.2 Å². The molecule has 0 aliphatic rings. The average Bonchev–Trinajstić information content (AvgIpc) is 3.07. The van der Waals surface area contributed by atoms with Gasteiger partial charge in [0.25, 0.3) is 6.01 Å². The number of halogens is 1. The van der Waals surface area contributed by atoms with Crippen molar-refractivity contribution in [3.05, 3.63) is 59.1 Å². The summed E-state index contributed by atoms with van der Waals surface area (Å²) in [6.45, 7) is 0.477. The lowest BCUT2D eigenvalue weighted by Gasteiger charge is -2.15. The summed E-state index contributed by atoms with van der Waals surface area (Å²) in [5.74, 6) is 1.59. The van der Waals surface area contributed by atoms with Gasteiger partial charge in [0.2, 0.25) is 0 Å². The third-order valence-corrected chi connectivity index (χ3v) is 4.47. The molecule has 0 radical (unpaired) electrons. The van der Waals surface area contributed by atoms with Crippen LogP contribution in [0.5, 0.6) is 11.5 Å². The molecule has 1 aromatic heterocycles. The standard InChI is InChI=1S/C20H17ClN2O3/c1-24-18-9-12(19(25-2)15-6-4-3-5-14(15)18)11-22-20-23-16-10-13(21)7-8-17(16)26-20/h3-10H,11H2,1-2H3,(H,22,23). The topological polar surface area (TPSA) is 56.5 Å². The SMILES string of the molecule is COc1cc(CNc2nc3cc(Cl)ccc3o2)c(OC)c2ccccc12. The Morgan fingerprint density at radius 1 is 1.04 bits per heavy atom. The number of hydrogen-bond donors (Lipinski definition) is 1. The maximum Gasteiger partial charge on any atom is 0.295 e. The number of hydrogen-bond acceptors (Lipinski definition) is 5. The van der Waals surface area contributed by atoms with Crippen LogP contribution in [0, 0.1) is 0 Å². The van der Waals surface area contributed by atoms with Gasteiger partial charge in [0.1, 0.15) is 17.0 Å². The predicted octanol–water partition coefficient (Wildman–Crippen LogP) is 5.26. The maximum absolute atomic E-state index is 6.00. The van der Waals surface area contributed by atoms with E-state index in [0.717, 1.165) is 27.8 Å². The Balaban J connectivity index is 1.69. The number of benzene rings is 3. The van der Waals surface area contributed by atoms with Crippen LogP contribution in [0.4, 0.5) is 6.01 Å². The highest BCUT2D eigenvalue weighted by Crippen LogP contribution is 2.37. The van der Waals surface area contributed by atoms with Crippen molar-refractivity contribution in [2.45, 2.75) is 6.54 Å². The van der Waals surface area contributed by atoms with Crippen LogP contribution in [0.15, 0.2) is 52.9 Å². The van der Waals surface area contributed by atoms with Crippen molar-refractivity contribution in [1.82, 2.24) is 4.98 Å². The number of nitrogens with one attached hydrogen (secondary N) is 1. The zero-order chi connectivity index (χ0) is 18.1. The summed E-state index contributed by atoms with van der Waals surface area (Å²) < 4.78 is 16.9. The van der Waals surface area contributed by atoms with Crippen molar-refractivity contribution in [2.24, 2.45) is 0 Å². The van der Waals surface area contributed by atoms with Gasteiger partial charge >= 0.3 is 0 Å². The Hall–Kier alpha value is -2.92. The zero-order valence-corrected chi connectivity index (χ0v) is 15.1. The number of methoxy groups -OCH3 is 2. The minimum atomic E-state index is 0.427. The molecular weight excluding hydrogens is 352 g/mol. The lowest BCUT2D eigenvalue weighted by molar-refractivity contribution is 0.406. The van der Waals surface area contributed by atoms with E-state index in [4.69, 9.17) is 25.5 Å². The number of anilines is 1. The second kappa shape index (κ2) is 6.77. The Bertz CT molecular complexity index is 1090. The quantitative estimate of drug-likeness (QED) is 0.520. The first-order chi connectivity index (χ1) is 12.7. The molecule has 0 aliphatic heterocycles. The van der Waals surface area contributed by atoms with E-state index >= 15 is 0 Å². The summed E-state index contributed by atoms with van der Waals surface area (Å²) in [6, 6.07) is 15.7. The molecule has 0 bridgehead atoms. The van der Waals surface area contributed by atoms with E-state index in [1.54, 1.807) is 32.4 Å². The van der Waals surface area contributed by atoms with Crippen molar-refractivity contribution in [3.8, 4) is 11.5 Å². The normalized spacial score (nSPS) is 11.0. The molecule has 4 rings (SSSR count). The van der Waals surface area contributed by atoms with Gasteiger partial charge in [-0.3, -0.25) is 0 Å². The molecule has 0 spiro atoms. The van der Waals surface area contributed by atoms with E-state index in [-0.39, 0.29) is 0 Å². The maximum atomic E-state index is 6.00. The molecule has 0 unspecified atom stereocenters. The van der Waals surface area contributed by atoms with Crippen molar-refractivity contribution >= 4 is 39.5 Å². The molecule has 1 N–H and O–H groups in total. The molecule has 26 heavy (non-hydrogen) atoms. The van der Waals surface area contributed by atoms with E-state index in [1.165, 1.54) is 0 Å². The number of aromatic nitrogens is 1. The summed E-state index contributed by atoms with van der Waals surface area (Å²) in [7, 11) is 3.33. The van der Waals surface area contributed by atoms with E-state index in [2.05, 4.69) is 10.3 Å². The summed E-state index contributed by atoms with van der Waals surface area (Å²) in [6.07, 6.45) is 0. The van der Waals surface area contributed by atoms with Gasteiger partial charge in [-0.25, -0.2) is 0 Å². The molecule has 6 heteroatoms. The van der Waals surface area contributed by atoms with E-state index in [1.807, 2.05) is 30.3 Å². The largest absolute Gasteiger partial charge is 0.496 e.